The molecule has 3 rings (SSSR count). The molecule has 1 aliphatic carbocycles. The fraction of sp³-hybridized carbons (Fsp3) is 0.211. The van der Waals surface area contributed by atoms with Crippen molar-refractivity contribution < 1.29 is 4.79 Å². The molecule has 0 N–H and O–H groups in total. The van der Waals surface area contributed by atoms with Crippen LogP contribution in [0.1, 0.15) is 36.7 Å². The van der Waals surface area contributed by atoms with Crippen LogP contribution in [0.2, 0.25) is 0 Å². The van der Waals surface area contributed by atoms with Gasteiger partial charge >= 0.3 is 0 Å². The normalized spacial score (nSPS) is 18.6. The van der Waals surface area contributed by atoms with Gasteiger partial charge < -0.3 is 0 Å². The molecule has 0 radical (unpaired) electrons. The second-order valence-electron chi connectivity index (χ2n) is 5.57. The Morgan fingerprint density at radius 2 is 1.80 bits per heavy atom. The summed E-state index contributed by atoms with van der Waals surface area (Å²) in [5.41, 5.74) is 5.82. The van der Waals surface area contributed by atoms with E-state index in [2.05, 4.69) is 45.0 Å². The van der Waals surface area contributed by atoms with Crippen LogP contribution in [-0.2, 0) is 0 Å². The number of allylic oxidation sites excluding steroid dienone is 4. The first-order valence-electron chi connectivity index (χ1n) is 6.99. The topological polar surface area (TPSA) is 17.1 Å². The fourth-order valence-corrected chi connectivity index (χ4v) is 3.22. The molecule has 1 heteroatoms. The van der Waals surface area contributed by atoms with Crippen molar-refractivity contribution in [3.63, 3.8) is 0 Å². The second-order valence-corrected chi connectivity index (χ2v) is 5.57. The smallest absolute Gasteiger partial charge is 0.151 e. The highest BCUT2D eigenvalue weighted by Crippen LogP contribution is 2.40. The molecule has 2 aromatic carbocycles. The Bertz CT molecular complexity index is 762. The molecule has 1 nitrogen and oxygen atoms in total. The van der Waals surface area contributed by atoms with Crippen molar-refractivity contribution in [3.8, 4) is 0 Å². The lowest BCUT2D eigenvalue weighted by atomic mass is 9.87. The lowest BCUT2D eigenvalue weighted by Gasteiger charge is -2.16. The molecule has 0 heterocycles. The third-order valence-corrected chi connectivity index (χ3v) is 4.36. The first-order valence-corrected chi connectivity index (χ1v) is 6.99. The van der Waals surface area contributed by atoms with Crippen LogP contribution < -0.4 is 0 Å². The average Bonchev–Trinajstić information content (AvgIpc) is 2.71. The molecular weight excluding hydrogens is 244 g/mol. The minimum absolute atomic E-state index is 0.384. The van der Waals surface area contributed by atoms with Crippen LogP contribution >= 0.6 is 0 Å². The number of fused-ring (bicyclic) bond motifs is 1. The monoisotopic (exact) mass is 262 g/mol. The van der Waals surface area contributed by atoms with Crippen molar-refractivity contribution in [3.05, 3.63) is 64.7 Å². The molecule has 0 aromatic heterocycles. The zero-order valence-corrected chi connectivity index (χ0v) is 12.1. The summed E-state index contributed by atoms with van der Waals surface area (Å²) in [7, 11) is 0. The Hall–Kier alpha value is -2.15. The third kappa shape index (κ3) is 1.82. The molecule has 0 amide bonds. The summed E-state index contributed by atoms with van der Waals surface area (Å²) in [6.07, 6.45) is 3.22. The summed E-state index contributed by atoms with van der Waals surface area (Å²) in [6, 6.07) is 12.3. The maximum absolute atomic E-state index is 11.7. The standard InChI is InChI=1S/C19H18O/c1-12-10-13(2)19(14(12)3)17-9-8-15-6-4-5-7-16(15)18(17)11-20/h4-11,14H,1-3H3. The first-order chi connectivity index (χ1) is 9.63. The van der Waals surface area contributed by atoms with E-state index in [4.69, 9.17) is 0 Å². The number of hydrogen-bond donors (Lipinski definition) is 0. The Balaban J connectivity index is 2.29. The van der Waals surface area contributed by atoms with Crippen LogP contribution in [0, 0.1) is 5.92 Å². The third-order valence-electron chi connectivity index (χ3n) is 4.36. The number of aldehydes is 1. The van der Waals surface area contributed by atoms with Gasteiger partial charge in [-0.05, 0) is 41.3 Å². The summed E-state index contributed by atoms with van der Waals surface area (Å²) in [6.45, 7) is 6.50. The highest BCUT2D eigenvalue weighted by molar-refractivity contribution is 6.03. The highest BCUT2D eigenvalue weighted by atomic mass is 16.1. The van der Waals surface area contributed by atoms with Crippen LogP contribution in [-0.4, -0.2) is 6.29 Å². The minimum atomic E-state index is 0.384. The van der Waals surface area contributed by atoms with Gasteiger partial charge in [0.1, 0.15) is 0 Å². The van der Waals surface area contributed by atoms with Gasteiger partial charge in [0.15, 0.2) is 6.29 Å². The van der Waals surface area contributed by atoms with Gasteiger partial charge in [-0.15, -0.1) is 0 Å². The Morgan fingerprint density at radius 1 is 1.05 bits per heavy atom. The van der Waals surface area contributed by atoms with Gasteiger partial charge in [-0.2, -0.15) is 0 Å². The number of benzene rings is 2. The molecule has 20 heavy (non-hydrogen) atoms. The molecule has 2 aromatic rings. The second kappa shape index (κ2) is 4.75. The van der Waals surface area contributed by atoms with Crippen molar-refractivity contribution in [2.24, 2.45) is 5.92 Å². The molecule has 1 unspecified atom stereocenters. The molecule has 100 valence electrons. The number of carbonyl (C=O) groups is 1. The van der Waals surface area contributed by atoms with Gasteiger partial charge in [-0.25, -0.2) is 0 Å². The maximum Gasteiger partial charge on any atom is 0.151 e. The largest absolute Gasteiger partial charge is 0.298 e. The summed E-state index contributed by atoms with van der Waals surface area (Å²) in [4.78, 5) is 11.7. The van der Waals surface area contributed by atoms with Crippen LogP contribution in [0.4, 0.5) is 0 Å². The minimum Gasteiger partial charge on any atom is -0.298 e. The van der Waals surface area contributed by atoms with Gasteiger partial charge in [-0.3, -0.25) is 4.79 Å². The van der Waals surface area contributed by atoms with Gasteiger partial charge in [-0.1, -0.05) is 55.0 Å². The quantitative estimate of drug-likeness (QED) is 0.694. The van der Waals surface area contributed by atoms with E-state index in [1.807, 2.05) is 18.2 Å². The van der Waals surface area contributed by atoms with E-state index >= 15 is 0 Å². The molecule has 0 spiro atoms. The fourth-order valence-electron chi connectivity index (χ4n) is 3.22. The van der Waals surface area contributed by atoms with Gasteiger partial charge in [0.25, 0.3) is 0 Å². The summed E-state index contributed by atoms with van der Waals surface area (Å²) in [5, 5.41) is 2.16. The Morgan fingerprint density at radius 3 is 2.45 bits per heavy atom. The predicted octanol–water partition coefficient (Wildman–Crippen LogP) is 5.02. The van der Waals surface area contributed by atoms with Crippen LogP contribution in [0.3, 0.4) is 0 Å². The molecular formula is C19H18O. The van der Waals surface area contributed by atoms with Gasteiger partial charge in [0, 0.05) is 11.5 Å². The molecule has 0 aliphatic heterocycles. The Kier molecular flexibility index (Phi) is 3.06. The molecule has 1 atom stereocenters. The van der Waals surface area contributed by atoms with E-state index < -0.39 is 0 Å². The van der Waals surface area contributed by atoms with E-state index in [1.165, 1.54) is 16.7 Å². The molecule has 0 saturated heterocycles. The van der Waals surface area contributed by atoms with Crippen molar-refractivity contribution in [2.75, 3.05) is 0 Å². The molecule has 0 fully saturated rings. The number of hydrogen-bond acceptors (Lipinski definition) is 1. The lowest BCUT2D eigenvalue weighted by Crippen LogP contribution is -2.01. The average molecular weight is 262 g/mol. The summed E-state index contributed by atoms with van der Waals surface area (Å²) < 4.78 is 0. The number of carbonyl (C=O) groups excluding carboxylic acids is 1. The summed E-state index contributed by atoms with van der Waals surface area (Å²) >= 11 is 0. The van der Waals surface area contributed by atoms with Crippen molar-refractivity contribution >= 4 is 22.6 Å². The van der Waals surface area contributed by atoms with E-state index in [9.17, 15) is 4.79 Å². The van der Waals surface area contributed by atoms with E-state index in [1.54, 1.807) is 0 Å². The first kappa shape index (κ1) is 12.9. The van der Waals surface area contributed by atoms with Gasteiger partial charge in [0.05, 0.1) is 0 Å². The molecule has 0 saturated carbocycles. The van der Waals surface area contributed by atoms with E-state index in [0.29, 0.717) is 5.92 Å². The highest BCUT2D eigenvalue weighted by Gasteiger charge is 2.23. The predicted molar refractivity (Wildman–Crippen MR) is 84.9 cm³/mol. The zero-order chi connectivity index (χ0) is 14.3. The van der Waals surface area contributed by atoms with Crippen LogP contribution in [0.15, 0.2) is 53.6 Å². The number of rotatable bonds is 2. The van der Waals surface area contributed by atoms with Crippen molar-refractivity contribution in [2.45, 2.75) is 20.8 Å². The van der Waals surface area contributed by atoms with Crippen LogP contribution in [0.25, 0.3) is 16.3 Å². The Labute approximate surface area is 119 Å². The lowest BCUT2D eigenvalue weighted by molar-refractivity contribution is 0.112. The maximum atomic E-state index is 11.7. The molecule has 0 bridgehead atoms. The van der Waals surface area contributed by atoms with Gasteiger partial charge in [0.2, 0.25) is 0 Å². The SMILES string of the molecule is CC1=CC(C)=C(c2ccc3ccccc3c2C=O)C1C. The van der Waals surface area contributed by atoms with Crippen LogP contribution in [0.5, 0.6) is 0 Å². The van der Waals surface area contributed by atoms with E-state index in [-0.39, 0.29) is 0 Å². The summed E-state index contributed by atoms with van der Waals surface area (Å²) in [5.74, 6) is 0.384. The van der Waals surface area contributed by atoms with Crippen molar-refractivity contribution in [1.29, 1.82) is 0 Å². The zero-order valence-electron chi connectivity index (χ0n) is 12.1. The molecule has 1 aliphatic rings. The van der Waals surface area contributed by atoms with Crippen molar-refractivity contribution in [1.82, 2.24) is 0 Å². The van der Waals surface area contributed by atoms with E-state index in [0.717, 1.165) is 28.2 Å².